The zero-order valence-corrected chi connectivity index (χ0v) is 35.2. The van der Waals surface area contributed by atoms with Crippen molar-refractivity contribution in [2.75, 3.05) is 7.11 Å². The molecule has 0 fully saturated rings. The third kappa shape index (κ3) is 8.54. The van der Waals surface area contributed by atoms with E-state index in [0.29, 0.717) is 22.4 Å². The van der Waals surface area contributed by atoms with Crippen molar-refractivity contribution in [3.63, 3.8) is 0 Å². The van der Waals surface area contributed by atoms with Crippen LogP contribution in [0.5, 0.6) is 5.75 Å². The zero-order chi connectivity index (χ0) is 40.6. The second-order valence-electron chi connectivity index (χ2n) is 14.2. The standard InChI is InChI=1S/C28H15N2S.C19H26NOSi.Ir/c29-16-18-5-7-19(8-6-18)21-9-11-24-25-13-22(10-12-27(25)31-28(24)15-21)26-14-20-3-1-2-4-23(20)17-30-26;1-14(2)10-16-12-18(20-13-19(16)22(4,5)6)15-8-7-9-17(11-15)21-3;/h1-9,11-15,17H;7,9,11-14H,10H2,1-6H3;/q2*-1;/i;7D,9D,10D2;. The van der Waals surface area contributed by atoms with Crippen LogP contribution in [-0.2, 0) is 26.5 Å². The molecule has 1 radical (unpaired) electrons. The molecule has 0 bridgehead atoms. The van der Waals surface area contributed by atoms with Crippen molar-refractivity contribution in [2.24, 2.45) is 5.92 Å². The summed E-state index contributed by atoms with van der Waals surface area (Å²) in [6, 6.07) is 40.8. The molecule has 0 spiro atoms. The Balaban J connectivity index is 0.000000196. The van der Waals surface area contributed by atoms with Gasteiger partial charge in [-0.15, -0.1) is 53.5 Å². The van der Waals surface area contributed by atoms with Gasteiger partial charge in [-0.05, 0) is 79.1 Å². The van der Waals surface area contributed by atoms with E-state index in [0.717, 1.165) is 33.0 Å². The Morgan fingerprint density at radius 2 is 1.54 bits per heavy atom. The maximum Gasteiger partial charge on any atom is 0.0991 e. The molecule has 0 aliphatic carbocycles. The molecule has 0 atom stereocenters. The number of rotatable bonds is 7. The van der Waals surface area contributed by atoms with Gasteiger partial charge in [0.2, 0.25) is 0 Å². The van der Waals surface area contributed by atoms with Gasteiger partial charge in [0.05, 0.1) is 26.8 Å². The largest absolute Gasteiger partial charge is 0.516 e. The maximum absolute atomic E-state index is 9.02. The van der Waals surface area contributed by atoms with E-state index in [4.69, 9.17) is 15.5 Å². The van der Waals surface area contributed by atoms with Crippen LogP contribution in [0.3, 0.4) is 0 Å². The Hall–Kier alpha value is -4.96. The van der Waals surface area contributed by atoms with Crippen molar-refractivity contribution in [3.05, 3.63) is 145 Å². The SMILES string of the molecule is N#Cc1ccc(-c2ccc3c(c2)sc2c[c-]c(-c4cc5ccccc5cn4)cc23)cc1.[2H]c1[c-]c(-c2cc(C([2H])([2H])C(C)C)c([Si](C)(C)C)cn2)cc(OC)c1[2H].[Ir]. The van der Waals surface area contributed by atoms with Crippen LogP contribution in [0.1, 0.15) is 30.5 Å². The van der Waals surface area contributed by atoms with Crippen LogP contribution in [-0.4, -0.2) is 25.2 Å². The number of methoxy groups -OCH3 is 1. The number of thiophene rings is 1. The summed E-state index contributed by atoms with van der Waals surface area (Å²) in [4.78, 5) is 9.20. The van der Waals surface area contributed by atoms with Gasteiger partial charge in [0.1, 0.15) is 0 Å². The van der Waals surface area contributed by atoms with E-state index in [2.05, 4.69) is 102 Å². The van der Waals surface area contributed by atoms with Crippen molar-refractivity contribution in [3.8, 4) is 45.5 Å². The molecule has 0 aliphatic rings. The van der Waals surface area contributed by atoms with Crippen LogP contribution in [0.4, 0.5) is 0 Å². The minimum atomic E-state index is -1.80. The Morgan fingerprint density at radius 1 is 0.833 bits per heavy atom. The number of nitrogens with zero attached hydrogens (tertiary/aromatic N) is 3. The van der Waals surface area contributed by atoms with E-state index < -0.39 is 14.4 Å². The Morgan fingerprint density at radius 3 is 2.26 bits per heavy atom. The van der Waals surface area contributed by atoms with Gasteiger partial charge in [-0.3, -0.25) is 0 Å². The van der Waals surface area contributed by atoms with E-state index in [1.807, 2.05) is 50.4 Å². The van der Waals surface area contributed by atoms with Crippen molar-refractivity contribution >= 4 is 55.5 Å². The smallest absolute Gasteiger partial charge is 0.0991 e. The van der Waals surface area contributed by atoms with Gasteiger partial charge in [-0.25, -0.2) is 0 Å². The molecule has 0 saturated heterocycles. The number of ether oxygens (including phenoxy) is 1. The number of aromatic nitrogens is 2. The molecular formula is C47H41IrN3OSSi-2. The fourth-order valence-corrected chi connectivity index (χ4v) is 8.77. The summed E-state index contributed by atoms with van der Waals surface area (Å²) in [7, 11) is -0.340. The molecular weight excluding hydrogens is 875 g/mol. The zero-order valence-electron chi connectivity index (χ0n) is 35.0. The maximum atomic E-state index is 9.02. The topological polar surface area (TPSA) is 58.8 Å². The number of nitriles is 1. The van der Waals surface area contributed by atoms with Gasteiger partial charge < -0.3 is 14.7 Å². The third-order valence-electron chi connectivity index (χ3n) is 8.97. The first-order chi connectivity index (χ1) is 27.2. The van der Waals surface area contributed by atoms with E-state index in [1.165, 1.54) is 32.7 Å². The molecule has 3 aromatic heterocycles. The molecule has 0 amide bonds. The van der Waals surface area contributed by atoms with Gasteiger partial charge in [0.15, 0.2) is 0 Å². The fraction of sp³-hybridized carbons (Fsp3) is 0.170. The number of hydrogen-bond donors (Lipinski definition) is 0. The minimum absolute atomic E-state index is 0. The normalized spacial score (nSPS) is 12.6. The number of hydrogen-bond acceptors (Lipinski definition) is 5. The number of fused-ring (bicyclic) bond motifs is 4. The van der Waals surface area contributed by atoms with Crippen LogP contribution in [0, 0.1) is 29.4 Å². The Labute approximate surface area is 342 Å². The Kier molecular flexibility index (Phi) is 10.3. The van der Waals surface area contributed by atoms with Gasteiger partial charge in [-0.2, -0.15) is 16.6 Å². The van der Waals surface area contributed by atoms with Gasteiger partial charge in [0, 0.05) is 48.4 Å². The van der Waals surface area contributed by atoms with Crippen molar-refractivity contribution in [1.82, 2.24) is 9.97 Å². The summed E-state index contributed by atoms with van der Waals surface area (Å²) in [5, 5.41) is 14.8. The summed E-state index contributed by atoms with van der Waals surface area (Å²) in [6.07, 6.45) is 2.21. The first kappa shape index (κ1) is 33.6. The van der Waals surface area contributed by atoms with Crippen LogP contribution in [0.25, 0.3) is 64.6 Å². The average molecular weight is 920 g/mol. The van der Waals surface area contributed by atoms with Crippen LogP contribution >= 0.6 is 11.3 Å². The molecule has 54 heavy (non-hydrogen) atoms. The van der Waals surface area contributed by atoms with Crippen LogP contribution in [0.2, 0.25) is 19.6 Å². The molecule has 0 saturated carbocycles. The van der Waals surface area contributed by atoms with Crippen LogP contribution < -0.4 is 9.92 Å². The van der Waals surface area contributed by atoms with E-state index >= 15 is 0 Å². The first-order valence-corrected chi connectivity index (χ1v) is 21.8. The average Bonchev–Trinajstić information content (AvgIpc) is 3.58. The van der Waals surface area contributed by atoms with E-state index in [-0.39, 0.29) is 43.9 Å². The van der Waals surface area contributed by atoms with Crippen molar-refractivity contribution < 1.29 is 30.3 Å². The first-order valence-electron chi connectivity index (χ1n) is 19.5. The van der Waals surface area contributed by atoms with Gasteiger partial charge in [0.25, 0.3) is 0 Å². The summed E-state index contributed by atoms with van der Waals surface area (Å²) in [6.45, 7) is 10.3. The molecule has 4 nitrogen and oxygen atoms in total. The monoisotopic (exact) mass is 920 g/mol. The fourth-order valence-electron chi connectivity index (χ4n) is 6.26. The summed E-state index contributed by atoms with van der Waals surface area (Å²) in [5.41, 5.74) is 6.63. The predicted octanol–water partition coefficient (Wildman–Crippen LogP) is 11.9. The van der Waals surface area contributed by atoms with E-state index in [1.54, 1.807) is 29.7 Å². The summed E-state index contributed by atoms with van der Waals surface area (Å²) in [5.74, 6) is 0.0990. The van der Waals surface area contributed by atoms with Gasteiger partial charge >= 0.3 is 0 Å². The molecule has 0 aliphatic heterocycles. The molecule has 0 N–H and O–H groups in total. The molecule has 5 aromatic carbocycles. The molecule has 8 aromatic rings. The quantitative estimate of drug-likeness (QED) is 0.118. The Bertz CT molecular complexity index is 2830. The van der Waals surface area contributed by atoms with E-state index in [9.17, 15) is 0 Å². The van der Waals surface area contributed by atoms with Crippen LogP contribution in [0.15, 0.2) is 122 Å². The molecule has 271 valence electrons. The summed E-state index contributed by atoms with van der Waals surface area (Å²) >= 11 is 1.78. The van der Waals surface area contributed by atoms with Crippen molar-refractivity contribution in [2.45, 2.75) is 39.9 Å². The second kappa shape index (κ2) is 16.6. The molecule has 3 heterocycles. The third-order valence-corrected chi connectivity index (χ3v) is 12.1. The predicted molar refractivity (Wildman–Crippen MR) is 226 cm³/mol. The van der Waals surface area contributed by atoms with Crippen molar-refractivity contribution in [1.29, 1.82) is 5.26 Å². The molecule has 8 rings (SSSR count). The second-order valence-corrected chi connectivity index (χ2v) is 20.3. The number of benzene rings is 5. The number of pyridine rings is 2. The van der Waals surface area contributed by atoms with Gasteiger partial charge in [-0.1, -0.05) is 105 Å². The molecule has 7 heteroatoms. The molecule has 0 unspecified atom stereocenters. The minimum Gasteiger partial charge on any atom is -0.516 e. The summed E-state index contributed by atoms with van der Waals surface area (Å²) < 4.78 is 40.6.